The van der Waals surface area contributed by atoms with Crippen LogP contribution in [0.15, 0.2) is 29.3 Å². The Morgan fingerprint density at radius 1 is 1.33 bits per heavy atom. The normalized spacial score (nSPS) is 16.1. The first-order valence-electron chi connectivity index (χ1n) is 8.10. The van der Waals surface area contributed by atoms with Gasteiger partial charge in [-0.3, -0.25) is 5.41 Å². The molecule has 0 unspecified atom stereocenters. The van der Waals surface area contributed by atoms with Crippen molar-refractivity contribution in [2.24, 2.45) is 5.73 Å². The van der Waals surface area contributed by atoms with Gasteiger partial charge in [0.15, 0.2) is 5.96 Å². The molecule has 1 heterocycles. The number of pyridine rings is 1. The molecule has 2 aromatic rings. The lowest BCUT2D eigenvalue weighted by Gasteiger charge is -2.27. The average Bonchev–Trinajstić information content (AvgIpc) is 3.05. The van der Waals surface area contributed by atoms with E-state index >= 15 is 0 Å². The topological polar surface area (TPSA) is 141 Å². The number of halogens is 2. The van der Waals surface area contributed by atoms with Gasteiger partial charge in [-0.2, -0.15) is 0 Å². The summed E-state index contributed by atoms with van der Waals surface area (Å²) in [5, 5.41) is 21.0. The molecule has 11 heteroatoms. The summed E-state index contributed by atoms with van der Waals surface area (Å²) in [6.07, 6.45) is 4.34. The van der Waals surface area contributed by atoms with E-state index in [2.05, 4.69) is 15.0 Å². The molecule has 3 rings (SSSR count). The highest BCUT2D eigenvalue weighted by molar-refractivity contribution is 7.89. The van der Waals surface area contributed by atoms with E-state index in [-0.39, 0.29) is 35.7 Å². The van der Waals surface area contributed by atoms with E-state index in [4.69, 9.17) is 22.7 Å². The Hall–Kier alpha value is -1.65. The molecular weight excluding hydrogens is 413 g/mol. The van der Waals surface area contributed by atoms with Gasteiger partial charge in [0, 0.05) is 17.0 Å². The van der Waals surface area contributed by atoms with Gasteiger partial charge in [0.05, 0.1) is 22.1 Å². The Kier molecular flexibility index (Phi) is 6.54. The van der Waals surface area contributed by atoms with Gasteiger partial charge in [-0.05, 0) is 25.0 Å². The molecule has 1 aliphatic carbocycles. The second kappa shape index (κ2) is 8.15. The van der Waals surface area contributed by atoms with Crippen LogP contribution in [0.2, 0.25) is 5.02 Å². The number of fused-ring (bicyclic) bond motifs is 1. The number of hydrogen-bond donors (Lipinski definition) is 5. The summed E-state index contributed by atoms with van der Waals surface area (Å²) in [6.45, 7) is -0.246. The second-order valence-corrected chi connectivity index (χ2v) is 8.54. The van der Waals surface area contributed by atoms with Crippen molar-refractivity contribution >= 4 is 56.6 Å². The van der Waals surface area contributed by atoms with Gasteiger partial charge in [0.25, 0.3) is 0 Å². The lowest BCUT2D eigenvalue weighted by atomic mass is 10.0. The van der Waals surface area contributed by atoms with Gasteiger partial charge in [-0.1, -0.05) is 30.5 Å². The van der Waals surface area contributed by atoms with E-state index < -0.39 is 15.6 Å². The van der Waals surface area contributed by atoms with Gasteiger partial charge in [-0.25, -0.2) is 18.1 Å². The van der Waals surface area contributed by atoms with Crippen molar-refractivity contribution in [2.75, 3.05) is 11.9 Å². The fourth-order valence-electron chi connectivity index (χ4n) is 3.27. The Morgan fingerprint density at radius 2 is 2.00 bits per heavy atom. The fraction of sp³-hybridized carbons (Fsp3) is 0.375. The standard InChI is InChI=1S/C16H20ClN5O3S.ClH/c17-13-8-20-14(21-15(18)19)12-7-10(3-4-11(12)13)26(24,25)22-16(9-23)5-1-2-6-16;/h3-4,7-8,22-23H,1-2,5-6,9H2,(H4,18,19,20,21);1H. The molecule has 0 atom stereocenters. The fourth-order valence-corrected chi connectivity index (χ4v) is 4.96. The quantitative estimate of drug-likeness (QED) is 0.361. The number of aliphatic hydroxyl groups is 1. The van der Waals surface area contributed by atoms with Gasteiger partial charge in [0.2, 0.25) is 10.0 Å². The van der Waals surface area contributed by atoms with E-state index in [1.807, 2.05) is 0 Å². The first-order valence-corrected chi connectivity index (χ1v) is 9.97. The van der Waals surface area contributed by atoms with E-state index in [0.29, 0.717) is 28.6 Å². The molecule has 0 saturated heterocycles. The lowest BCUT2D eigenvalue weighted by molar-refractivity contribution is 0.185. The summed E-state index contributed by atoms with van der Waals surface area (Å²) < 4.78 is 28.4. The summed E-state index contributed by atoms with van der Waals surface area (Å²) in [5.41, 5.74) is 4.54. The van der Waals surface area contributed by atoms with Crippen molar-refractivity contribution in [3.63, 3.8) is 0 Å². The SMILES string of the molecule is Cl.N=C(N)Nc1ncc(Cl)c2ccc(S(=O)(=O)NC3(CO)CCCC3)cc12. The van der Waals surface area contributed by atoms with Crippen LogP contribution in [0, 0.1) is 5.41 Å². The Labute approximate surface area is 168 Å². The molecule has 1 aliphatic rings. The van der Waals surface area contributed by atoms with Crippen molar-refractivity contribution in [1.82, 2.24) is 9.71 Å². The molecule has 6 N–H and O–H groups in total. The maximum Gasteiger partial charge on any atom is 0.241 e. The highest BCUT2D eigenvalue weighted by atomic mass is 35.5. The zero-order chi connectivity index (χ0) is 18.9. The minimum Gasteiger partial charge on any atom is -0.394 e. The number of hydrogen-bond acceptors (Lipinski definition) is 5. The van der Waals surface area contributed by atoms with Crippen LogP contribution in [-0.4, -0.2) is 36.6 Å². The number of nitrogens with one attached hydrogen (secondary N) is 3. The number of anilines is 1. The number of sulfonamides is 1. The number of guanidine groups is 1. The molecule has 0 aliphatic heterocycles. The Balaban J connectivity index is 0.00000261. The number of nitrogens with zero attached hydrogens (tertiary/aromatic N) is 1. The van der Waals surface area contributed by atoms with Crippen molar-refractivity contribution in [3.05, 3.63) is 29.4 Å². The summed E-state index contributed by atoms with van der Waals surface area (Å²) >= 11 is 6.14. The number of benzene rings is 1. The summed E-state index contributed by atoms with van der Waals surface area (Å²) in [5.74, 6) is -0.0793. The third-order valence-electron chi connectivity index (χ3n) is 4.59. The van der Waals surface area contributed by atoms with Crippen molar-refractivity contribution in [3.8, 4) is 0 Å². The van der Waals surface area contributed by atoms with Crippen LogP contribution in [0.5, 0.6) is 0 Å². The molecule has 1 fully saturated rings. The lowest BCUT2D eigenvalue weighted by Crippen LogP contribution is -2.49. The molecule has 1 saturated carbocycles. The van der Waals surface area contributed by atoms with Gasteiger partial charge in [0.1, 0.15) is 5.82 Å². The summed E-state index contributed by atoms with van der Waals surface area (Å²) in [7, 11) is -3.86. The predicted octanol–water partition coefficient (Wildman–Crippen LogP) is 2.20. The van der Waals surface area contributed by atoms with Crippen LogP contribution in [0.1, 0.15) is 25.7 Å². The molecule has 27 heavy (non-hydrogen) atoms. The van der Waals surface area contributed by atoms with E-state index in [1.165, 1.54) is 18.3 Å². The molecule has 0 bridgehead atoms. The highest BCUT2D eigenvalue weighted by Crippen LogP contribution is 2.33. The molecule has 0 spiro atoms. The molecule has 1 aromatic heterocycles. The summed E-state index contributed by atoms with van der Waals surface area (Å²) in [4.78, 5) is 4.11. The average molecular weight is 434 g/mol. The maximum absolute atomic E-state index is 12.9. The van der Waals surface area contributed by atoms with E-state index in [0.717, 1.165) is 12.8 Å². The van der Waals surface area contributed by atoms with Crippen molar-refractivity contribution in [1.29, 1.82) is 5.41 Å². The van der Waals surface area contributed by atoms with Crippen LogP contribution in [0.4, 0.5) is 5.82 Å². The third-order valence-corrected chi connectivity index (χ3v) is 6.47. The zero-order valence-corrected chi connectivity index (χ0v) is 16.7. The van der Waals surface area contributed by atoms with E-state index in [1.54, 1.807) is 6.07 Å². The highest BCUT2D eigenvalue weighted by Gasteiger charge is 2.37. The number of aromatic nitrogens is 1. The Morgan fingerprint density at radius 3 is 2.59 bits per heavy atom. The minimum atomic E-state index is -3.86. The summed E-state index contributed by atoms with van der Waals surface area (Å²) in [6, 6.07) is 4.47. The largest absolute Gasteiger partial charge is 0.394 e. The first kappa shape index (κ1) is 21.6. The van der Waals surface area contributed by atoms with Gasteiger partial charge in [-0.15, -0.1) is 12.4 Å². The maximum atomic E-state index is 12.9. The van der Waals surface area contributed by atoms with Gasteiger partial charge >= 0.3 is 0 Å². The molecule has 0 amide bonds. The first-order chi connectivity index (χ1) is 12.3. The van der Waals surface area contributed by atoms with Crippen LogP contribution in [-0.2, 0) is 10.0 Å². The smallest absolute Gasteiger partial charge is 0.241 e. The van der Waals surface area contributed by atoms with Gasteiger partial charge < -0.3 is 16.2 Å². The van der Waals surface area contributed by atoms with Crippen LogP contribution in [0.25, 0.3) is 10.8 Å². The van der Waals surface area contributed by atoms with E-state index in [9.17, 15) is 13.5 Å². The Bertz CT molecular complexity index is 962. The monoisotopic (exact) mass is 433 g/mol. The third kappa shape index (κ3) is 4.44. The molecule has 148 valence electrons. The molecule has 1 aromatic carbocycles. The number of aliphatic hydroxyl groups excluding tert-OH is 1. The minimum absolute atomic E-state index is 0. The second-order valence-electron chi connectivity index (χ2n) is 6.45. The zero-order valence-electron chi connectivity index (χ0n) is 14.3. The van der Waals surface area contributed by atoms with Crippen molar-refractivity contribution < 1.29 is 13.5 Å². The number of rotatable bonds is 5. The van der Waals surface area contributed by atoms with Crippen molar-refractivity contribution in [2.45, 2.75) is 36.1 Å². The molecule has 0 radical (unpaired) electrons. The van der Waals surface area contributed by atoms with Crippen LogP contribution < -0.4 is 15.8 Å². The number of nitrogens with two attached hydrogens (primary N) is 1. The molecular formula is C16H21Cl2N5O3S. The molecule has 8 nitrogen and oxygen atoms in total. The van der Waals surface area contributed by atoms with Crippen LogP contribution >= 0.6 is 24.0 Å². The van der Waals surface area contributed by atoms with Crippen LogP contribution in [0.3, 0.4) is 0 Å². The predicted molar refractivity (Wildman–Crippen MR) is 108 cm³/mol.